The maximum atomic E-state index is 13.4. The average Bonchev–Trinajstić information content (AvgIpc) is 3.31. The summed E-state index contributed by atoms with van der Waals surface area (Å²) in [7, 11) is 2.05. The molecule has 0 radical (unpaired) electrons. The van der Waals surface area contributed by atoms with E-state index in [0.717, 1.165) is 19.5 Å². The minimum Gasteiger partial charge on any atom is -0.490 e. The van der Waals surface area contributed by atoms with Crippen LogP contribution in [-0.4, -0.2) is 48.3 Å². The summed E-state index contributed by atoms with van der Waals surface area (Å²) in [6, 6.07) is 16.3. The molecule has 4 rings (SSSR count). The molecule has 7 heteroatoms. The van der Waals surface area contributed by atoms with Gasteiger partial charge in [-0.3, -0.25) is 9.69 Å². The normalized spacial score (nSPS) is 14.1. The third-order valence-corrected chi connectivity index (χ3v) is 6.55. The fourth-order valence-electron chi connectivity index (χ4n) is 4.84. The molecule has 36 heavy (non-hydrogen) atoms. The van der Waals surface area contributed by atoms with Crippen molar-refractivity contribution in [2.24, 2.45) is 7.05 Å². The summed E-state index contributed by atoms with van der Waals surface area (Å²) in [5.74, 6) is 1.40. The SMILES string of the molecule is CCOc1cc(C(=O)NCC(c2cccn2C)N2CCc3ccccc3C2)cc(OCC)c1OCC. The minimum atomic E-state index is -0.170. The van der Waals surface area contributed by atoms with Crippen LogP contribution in [0.2, 0.25) is 0 Å². The maximum absolute atomic E-state index is 13.4. The van der Waals surface area contributed by atoms with Crippen LogP contribution in [0.4, 0.5) is 0 Å². The van der Waals surface area contributed by atoms with Gasteiger partial charge in [0, 0.05) is 44.1 Å². The van der Waals surface area contributed by atoms with Gasteiger partial charge in [0.1, 0.15) is 0 Å². The number of nitrogens with one attached hydrogen (secondary N) is 1. The van der Waals surface area contributed by atoms with Crippen molar-refractivity contribution in [3.63, 3.8) is 0 Å². The molecule has 1 aromatic heterocycles. The van der Waals surface area contributed by atoms with Crippen molar-refractivity contribution in [1.29, 1.82) is 0 Å². The van der Waals surface area contributed by atoms with E-state index < -0.39 is 0 Å². The lowest BCUT2D eigenvalue weighted by Crippen LogP contribution is -2.41. The molecule has 1 aliphatic rings. The summed E-state index contributed by atoms with van der Waals surface area (Å²) in [5.41, 5.74) is 4.42. The van der Waals surface area contributed by atoms with Gasteiger partial charge in [-0.1, -0.05) is 24.3 Å². The number of amides is 1. The lowest BCUT2D eigenvalue weighted by Gasteiger charge is -2.36. The van der Waals surface area contributed by atoms with Gasteiger partial charge in [-0.2, -0.15) is 0 Å². The molecule has 1 amide bonds. The van der Waals surface area contributed by atoms with Crippen LogP contribution in [0.25, 0.3) is 0 Å². The summed E-state index contributed by atoms with van der Waals surface area (Å²) in [6.45, 7) is 9.40. The van der Waals surface area contributed by atoms with Gasteiger partial charge in [-0.05, 0) is 62.6 Å². The Hall–Kier alpha value is -3.45. The Morgan fingerprint density at radius 2 is 1.61 bits per heavy atom. The Kier molecular flexibility index (Phi) is 8.54. The molecular formula is C29H37N3O4. The highest BCUT2D eigenvalue weighted by Gasteiger charge is 2.27. The van der Waals surface area contributed by atoms with Gasteiger partial charge in [0.05, 0.1) is 25.9 Å². The van der Waals surface area contributed by atoms with Crippen molar-refractivity contribution in [1.82, 2.24) is 14.8 Å². The van der Waals surface area contributed by atoms with E-state index in [0.29, 0.717) is 49.2 Å². The van der Waals surface area contributed by atoms with Crippen LogP contribution in [0.3, 0.4) is 0 Å². The van der Waals surface area contributed by atoms with E-state index in [4.69, 9.17) is 14.2 Å². The van der Waals surface area contributed by atoms with Gasteiger partial charge < -0.3 is 24.1 Å². The van der Waals surface area contributed by atoms with Crippen LogP contribution in [0.1, 0.15) is 54.0 Å². The van der Waals surface area contributed by atoms with Gasteiger partial charge in [-0.15, -0.1) is 0 Å². The predicted molar refractivity (Wildman–Crippen MR) is 141 cm³/mol. The van der Waals surface area contributed by atoms with E-state index >= 15 is 0 Å². The third-order valence-electron chi connectivity index (χ3n) is 6.55. The zero-order chi connectivity index (χ0) is 25.5. The van der Waals surface area contributed by atoms with Crippen LogP contribution in [0.15, 0.2) is 54.7 Å². The molecule has 0 fully saturated rings. The average molecular weight is 492 g/mol. The van der Waals surface area contributed by atoms with Crippen molar-refractivity contribution >= 4 is 5.91 Å². The molecule has 1 N–H and O–H groups in total. The minimum absolute atomic E-state index is 0.0442. The number of hydrogen-bond donors (Lipinski definition) is 1. The highest BCUT2D eigenvalue weighted by Crippen LogP contribution is 2.39. The van der Waals surface area contributed by atoms with Crippen LogP contribution in [0, 0.1) is 0 Å². The number of nitrogens with zero attached hydrogens (tertiary/aromatic N) is 2. The number of carbonyl (C=O) groups is 1. The largest absolute Gasteiger partial charge is 0.490 e. The van der Waals surface area contributed by atoms with Gasteiger partial charge in [-0.25, -0.2) is 0 Å². The summed E-state index contributed by atoms with van der Waals surface area (Å²) >= 11 is 0. The summed E-state index contributed by atoms with van der Waals surface area (Å²) < 4.78 is 19.5. The molecule has 0 saturated carbocycles. The first-order chi connectivity index (χ1) is 17.5. The fraction of sp³-hybridized carbons (Fsp3) is 0.414. The summed E-state index contributed by atoms with van der Waals surface area (Å²) in [5, 5.41) is 3.18. The lowest BCUT2D eigenvalue weighted by molar-refractivity contribution is 0.0924. The second-order valence-corrected chi connectivity index (χ2v) is 8.86. The monoisotopic (exact) mass is 491 g/mol. The van der Waals surface area contributed by atoms with Gasteiger partial charge in [0.15, 0.2) is 11.5 Å². The summed E-state index contributed by atoms with van der Waals surface area (Å²) in [6.07, 6.45) is 3.05. The lowest BCUT2D eigenvalue weighted by atomic mass is 9.97. The molecule has 1 aliphatic heterocycles. The van der Waals surface area contributed by atoms with E-state index in [2.05, 4.69) is 64.4 Å². The molecule has 192 valence electrons. The van der Waals surface area contributed by atoms with E-state index in [1.807, 2.05) is 20.8 Å². The molecule has 0 bridgehead atoms. The van der Waals surface area contributed by atoms with E-state index in [-0.39, 0.29) is 11.9 Å². The molecule has 0 saturated heterocycles. The summed E-state index contributed by atoms with van der Waals surface area (Å²) in [4.78, 5) is 15.8. The Labute approximate surface area is 214 Å². The number of carbonyl (C=O) groups excluding carboxylic acids is 1. The molecule has 1 unspecified atom stereocenters. The smallest absolute Gasteiger partial charge is 0.251 e. The third kappa shape index (κ3) is 5.68. The number of hydrogen-bond acceptors (Lipinski definition) is 5. The highest BCUT2D eigenvalue weighted by molar-refractivity contribution is 5.95. The topological polar surface area (TPSA) is 65.0 Å². The molecule has 7 nitrogen and oxygen atoms in total. The second-order valence-electron chi connectivity index (χ2n) is 8.86. The molecule has 2 heterocycles. The van der Waals surface area contributed by atoms with E-state index in [1.165, 1.54) is 16.8 Å². The first-order valence-corrected chi connectivity index (χ1v) is 12.8. The van der Waals surface area contributed by atoms with Crippen LogP contribution < -0.4 is 19.5 Å². The number of aryl methyl sites for hydroxylation is 1. The van der Waals surface area contributed by atoms with Gasteiger partial charge in [0.2, 0.25) is 5.75 Å². The zero-order valence-corrected chi connectivity index (χ0v) is 21.8. The molecular weight excluding hydrogens is 454 g/mol. The second kappa shape index (κ2) is 12.0. The van der Waals surface area contributed by atoms with Crippen LogP contribution in [0.5, 0.6) is 17.2 Å². The van der Waals surface area contributed by atoms with Crippen LogP contribution in [-0.2, 0) is 20.0 Å². The Bertz CT molecular complexity index is 1150. The standard InChI is InChI=1S/C29H37N3O4/c1-5-34-26-17-23(18-27(35-6-2)28(26)36-7-3)29(33)30-19-25(24-13-10-15-31(24)4)32-16-14-21-11-8-9-12-22(21)20-32/h8-13,15,17-18,25H,5-7,14,16,19-20H2,1-4H3,(H,30,33). The quantitative estimate of drug-likeness (QED) is 0.419. The Balaban J connectivity index is 1.57. The number of fused-ring (bicyclic) bond motifs is 1. The Morgan fingerprint density at radius 1 is 0.944 bits per heavy atom. The fourth-order valence-corrected chi connectivity index (χ4v) is 4.84. The van der Waals surface area contributed by atoms with Crippen molar-refractivity contribution < 1.29 is 19.0 Å². The molecule has 1 atom stereocenters. The van der Waals surface area contributed by atoms with Gasteiger partial charge in [0.25, 0.3) is 5.91 Å². The first-order valence-electron chi connectivity index (χ1n) is 12.8. The number of ether oxygens (including phenoxy) is 3. The number of benzene rings is 2. The maximum Gasteiger partial charge on any atom is 0.251 e. The van der Waals surface area contributed by atoms with Crippen LogP contribution >= 0.6 is 0 Å². The molecule has 3 aromatic rings. The zero-order valence-electron chi connectivity index (χ0n) is 21.8. The van der Waals surface area contributed by atoms with E-state index in [9.17, 15) is 4.79 Å². The van der Waals surface area contributed by atoms with E-state index in [1.54, 1.807) is 12.1 Å². The number of aromatic nitrogens is 1. The van der Waals surface area contributed by atoms with Crippen molar-refractivity contribution in [2.45, 2.75) is 39.8 Å². The molecule has 0 aliphatic carbocycles. The van der Waals surface area contributed by atoms with Crippen molar-refractivity contribution in [2.75, 3.05) is 32.9 Å². The van der Waals surface area contributed by atoms with Gasteiger partial charge >= 0.3 is 0 Å². The Morgan fingerprint density at radius 3 is 2.22 bits per heavy atom. The van der Waals surface area contributed by atoms with Crippen molar-refractivity contribution in [3.05, 3.63) is 77.1 Å². The van der Waals surface area contributed by atoms with Crippen molar-refractivity contribution in [3.8, 4) is 17.2 Å². The molecule has 2 aromatic carbocycles. The molecule has 0 spiro atoms. The predicted octanol–water partition coefficient (Wildman–Crippen LogP) is 4.75. The number of rotatable bonds is 11. The highest BCUT2D eigenvalue weighted by atomic mass is 16.5. The first kappa shape index (κ1) is 25.6.